The molecule has 0 aliphatic carbocycles. The van der Waals surface area contributed by atoms with E-state index in [2.05, 4.69) is 20.8 Å². The summed E-state index contributed by atoms with van der Waals surface area (Å²) < 4.78 is 18.5. The van der Waals surface area contributed by atoms with E-state index in [-0.39, 0.29) is 18.2 Å². The zero-order valence-electron chi connectivity index (χ0n) is 20.2. The van der Waals surface area contributed by atoms with Crippen LogP contribution in [0.15, 0.2) is 77.2 Å². The van der Waals surface area contributed by atoms with Crippen molar-refractivity contribution in [1.82, 2.24) is 20.2 Å². The third-order valence-corrected chi connectivity index (χ3v) is 5.76. The number of furan rings is 1. The molecular weight excluding hydrogens is 474 g/mol. The van der Waals surface area contributed by atoms with Crippen molar-refractivity contribution < 1.29 is 23.5 Å². The molecular formula is C27H23N5O5. The number of benzene rings is 3. The topological polar surface area (TPSA) is 121 Å². The summed E-state index contributed by atoms with van der Waals surface area (Å²) in [6.45, 7) is 2.70. The van der Waals surface area contributed by atoms with Crippen molar-refractivity contribution in [3.63, 3.8) is 0 Å². The van der Waals surface area contributed by atoms with E-state index in [1.165, 1.54) is 0 Å². The number of ether oxygens (including phenoxy) is 2. The summed E-state index contributed by atoms with van der Waals surface area (Å²) in [4.78, 5) is 26.6. The Bertz CT molecular complexity index is 1570. The first-order valence-electron chi connectivity index (χ1n) is 11.6. The smallest absolute Gasteiger partial charge is 0.255 e. The monoisotopic (exact) mass is 497 g/mol. The fourth-order valence-corrected chi connectivity index (χ4v) is 3.84. The molecule has 0 unspecified atom stereocenters. The van der Waals surface area contributed by atoms with Crippen LogP contribution < -0.4 is 14.8 Å². The summed E-state index contributed by atoms with van der Waals surface area (Å²) in [7, 11) is 1.55. The quantitative estimate of drug-likeness (QED) is 0.295. The average Bonchev–Trinajstić information content (AvgIpc) is 3.56. The van der Waals surface area contributed by atoms with E-state index in [0.29, 0.717) is 51.7 Å². The predicted molar refractivity (Wildman–Crippen MR) is 135 cm³/mol. The van der Waals surface area contributed by atoms with Crippen molar-refractivity contribution in [1.29, 1.82) is 0 Å². The van der Waals surface area contributed by atoms with E-state index < -0.39 is 5.91 Å². The minimum Gasteiger partial charge on any atom is -0.497 e. The second kappa shape index (κ2) is 10.3. The van der Waals surface area contributed by atoms with Crippen molar-refractivity contribution in [3.05, 3.63) is 95.5 Å². The molecule has 0 spiro atoms. The summed E-state index contributed by atoms with van der Waals surface area (Å²) in [6.07, 6.45) is 0. The highest BCUT2D eigenvalue weighted by Gasteiger charge is 2.24. The van der Waals surface area contributed by atoms with E-state index >= 15 is 0 Å². The summed E-state index contributed by atoms with van der Waals surface area (Å²) in [5, 5.41) is 15.0. The van der Waals surface area contributed by atoms with Gasteiger partial charge in [-0.3, -0.25) is 9.59 Å². The Labute approximate surface area is 211 Å². The molecule has 5 rings (SSSR count). The largest absolute Gasteiger partial charge is 0.497 e. The fraction of sp³-hybridized carbons (Fsp3) is 0.148. The molecule has 2 heterocycles. The number of amides is 1. The average molecular weight is 498 g/mol. The van der Waals surface area contributed by atoms with Crippen molar-refractivity contribution in [2.45, 2.75) is 20.1 Å². The Kier molecular flexibility index (Phi) is 6.62. The first-order valence-corrected chi connectivity index (χ1v) is 11.6. The zero-order valence-corrected chi connectivity index (χ0v) is 20.2. The molecule has 0 aliphatic heterocycles. The van der Waals surface area contributed by atoms with Gasteiger partial charge in [-0.15, -0.1) is 5.10 Å². The molecule has 0 radical (unpaired) electrons. The maximum Gasteiger partial charge on any atom is 0.255 e. The van der Waals surface area contributed by atoms with Gasteiger partial charge in [-0.05, 0) is 71.9 Å². The number of hydrogen-bond acceptors (Lipinski definition) is 8. The van der Waals surface area contributed by atoms with Gasteiger partial charge in [0.25, 0.3) is 5.91 Å². The molecule has 0 atom stereocenters. The minimum atomic E-state index is -0.417. The van der Waals surface area contributed by atoms with Gasteiger partial charge in [-0.25, -0.2) is 4.68 Å². The second-order valence-electron chi connectivity index (χ2n) is 8.04. The van der Waals surface area contributed by atoms with Crippen LogP contribution in [0.4, 0.5) is 5.69 Å². The van der Waals surface area contributed by atoms with Crippen LogP contribution in [0.5, 0.6) is 11.5 Å². The van der Waals surface area contributed by atoms with Gasteiger partial charge >= 0.3 is 0 Å². The first-order chi connectivity index (χ1) is 18.1. The van der Waals surface area contributed by atoms with E-state index in [4.69, 9.17) is 13.9 Å². The van der Waals surface area contributed by atoms with E-state index in [1.807, 2.05) is 13.0 Å². The Hall–Kier alpha value is -4.99. The predicted octanol–water partition coefficient (Wildman–Crippen LogP) is 4.51. The van der Waals surface area contributed by atoms with Gasteiger partial charge in [0.2, 0.25) is 5.78 Å². The molecule has 37 heavy (non-hydrogen) atoms. The van der Waals surface area contributed by atoms with Crippen LogP contribution in [0.1, 0.15) is 39.2 Å². The lowest BCUT2D eigenvalue weighted by molar-refractivity contribution is 0.101. The number of para-hydroxylation sites is 1. The molecule has 10 nitrogen and oxygen atoms in total. The number of hydrogen-bond donors (Lipinski definition) is 1. The van der Waals surface area contributed by atoms with Crippen molar-refractivity contribution in [2.24, 2.45) is 0 Å². The molecule has 10 heteroatoms. The Morgan fingerprint density at radius 3 is 2.57 bits per heavy atom. The van der Waals surface area contributed by atoms with Gasteiger partial charge in [-0.1, -0.05) is 18.2 Å². The molecule has 2 aromatic heterocycles. The summed E-state index contributed by atoms with van der Waals surface area (Å²) in [5.41, 5.74) is 1.54. The minimum absolute atomic E-state index is 0.0403. The van der Waals surface area contributed by atoms with Gasteiger partial charge < -0.3 is 19.2 Å². The molecule has 0 saturated heterocycles. The second-order valence-corrected chi connectivity index (χ2v) is 8.04. The van der Waals surface area contributed by atoms with Crippen LogP contribution in [-0.2, 0) is 13.2 Å². The lowest BCUT2D eigenvalue weighted by Gasteiger charge is -2.09. The first kappa shape index (κ1) is 23.7. The van der Waals surface area contributed by atoms with Crippen LogP contribution in [0, 0.1) is 0 Å². The normalized spacial score (nSPS) is 10.9. The number of nitrogens with one attached hydrogen (secondary N) is 1. The third kappa shape index (κ3) is 4.90. The van der Waals surface area contributed by atoms with Crippen molar-refractivity contribution in [3.8, 4) is 11.5 Å². The SMILES string of the molecule is CCn1nnnc1COc1cccc(C(=O)Nc2c(C(=O)c3ccc(OC)cc3)oc3ccccc23)c1. The molecule has 0 saturated carbocycles. The van der Waals surface area contributed by atoms with E-state index in [0.717, 1.165) is 0 Å². The summed E-state index contributed by atoms with van der Waals surface area (Å²) in [5.74, 6) is 0.939. The maximum atomic E-state index is 13.3. The van der Waals surface area contributed by atoms with Crippen molar-refractivity contribution in [2.75, 3.05) is 12.4 Å². The zero-order chi connectivity index (χ0) is 25.8. The van der Waals surface area contributed by atoms with Crippen LogP contribution >= 0.6 is 0 Å². The number of aromatic nitrogens is 4. The molecule has 1 amide bonds. The number of anilines is 1. The highest BCUT2D eigenvalue weighted by Crippen LogP contribution is 2.33. The molecule has 186 valence electrons. The van der Waals surface area contributed by atoms with Gasteiger partial charge in [-0.2, -0.15) is 0 Å². The fourth-order valence-electron chi connectivity index (χ4n) is 3.84. The molecule has 0 fully saturated rings. The Morgan fingerprint density at radius 1 is 0.973 bits per heavy atom. The molecule has 0 aliphatic rings. The number of methoxy groups -OCH3 is 1. The van der Waals surface area contributed by atoms with Gasteiger partial charge in [0, 0.05) is 23.1 Å². The number of carbonyl (C=O) groups excluding carboxylic acids is 2. The van der Waals surface area contributed by atoms with Gasteiger partial charge in [0.15, 0.2) is 11.6 Å². The number of carbonyl (C=O) groups is 2. The van der Waals surface area contributed by atoms with E-state index in [9.17, 15) is 9.59 Å². The number of ketones is 1. The lowest BCUT2D eigenvalue weighted by atomic mass is 10.1. The molecule has 3 aromatic carbocycles. The summed E-state index contributed by atoms with van der Waals surface area (Å²) in [6, 6.07) is 20.6. The Balaban J connectivity index is 1.41. The number of nitrogens with zero attached hydrogens (tertiary/aromatic N) is 4. The van der Waals surface area contributed by atoms with E-state index in [1.54, 1.807) is 78.5 Å². The van der Waals surface area contributed by atoms with Crippen LogP contribution in [0.3, 0.4) is 0 Å². The van der Waals surface area contributed by atoms with Gasteiger partial charge in [0.1, 0.15) is 23.7 Å². The van der Waals surface area contributed by atoms with Crippen LogP contribution in [0.2, 0.25) is 0 Å². The van der Waals surface area contributed by atoms with Crippen LogP contribution in [0.25, 0.3) is 11.0 Å². The number of rotatable bonds is 9. The summed E-state index contributed by atoms with van der Waals surface area (Å²) >= 11 is 0. The maximum absolute atomic E-state index is 13.3. The van der Waals surface area contributed by atoms with Gasteiger partial charge in [0.05, 0.1) is 12.8 Å². The van der Waals surface area contributed by atoms with Crippen LogP contribution in [-0.4, -0.2) is 39.0 Å². The highest BCUT2D eigenvalue weighted by molar-refractivity contribution is 6.18. The van der Waals surface area contributed by atoms with Crippen molar-refractivity contribution >= 4 is 28.3 Å². The Morgan fingerprint density at radius 2 is 1.78 bits per heavy atom. The molecule has 5 aromatic rings. The molecule has 1 N–H and O–H groups in total. The third-order valence-electron chi connectivity index (χ3n) is 5.76. The molecule has 0 bridgehead atoms. The lowest BCUT2D eigenvalue weighted by Crippen LogP contribution is -2.14. The number of fused-ring (bicyclic) bond motifs is 1. The standard InChI is InChI=1S/C27H23N5O5/c1-3-32-23(29-30-31-32)16-36-20-8-6-7-18(15-20)27(34)28-24-21-9-4-5-10-22(21)37-26(24)25(33)17-11-13-19(35-2)14-12-17/h4-15H,3,16H2,1-2H3,(H,28,34). The number of tetrazole rings is 1. The highest BCUT2D eigenvalue weighted by atomic mass is 16.5. The number of aryl methyl sites for hydroxylation is 1.